The SMILES string of the molecule is CCOc1ccc(C(=O)Nc2ccc3c(c2)OCO3)cc1CN(c1ccc(F)cc1)S(C)(=O)=O. The first-order valence-electron chi connectivity index (χ1n) is 10.4. The van der Waals surface area contributed by atoms with Crippen molar-refractivity contribution in [3.8, 4) is 17.2 Å². The largest absolute Gasteiger partial charge is 0.494 e. The first kappa shape index (κ1) is 23.4. The number of nitrogens with zero attached hydrogens (tertiary/aromatic N) is 1. The fraction of sp³-hybridized carbons (Fsp3) is 0.208. The molecule has 0 saturated carbocycles. The van der Waals surface area contributed by atoms with E-state index in [1.807, 2.05) is 0 Å². The van der Waals surface area contributed by atoms with E-state index in [-0.39, 0.29) is 13.3 Å². The van der Waals surface area contributed by atoms with Crippen molar-refractivity contribution in [2.24, 2.45) is 0 Å². The minimum Gasteiger partial charge on any atom is -0.494 e. The third-order valence-electron chi connectivity index (χ3n) is 5.08. The summed E-state index contributed by atoms with van der Waals surface area (Å²) in [5.74, 6) is 0.708. The van der Waals surface area contributed by atoms with Crippen LogP contribution in [-0.4, -0.2) is 34.0 Å². The summed E-state index contributed by atoms with van der Waals surface area (Å²) in [5.41, 5.74) is 1.61. The molecule has 3 aromatic carbocycles. The van der Waals surface area contributed by atoms with Crippen LogP contribution in [0.2, 0.25) is 0 Å². The highest BCUT2D eigenvalue weighted by Gasteiger charge is 2.21. The van der Waals surface area contributed by atoms with Gasteiger partial charge in [-0.1, -0.05) is 0 Å². The normalized spacial score (nSPS) is 12.3. The van der Waals surface area contributed by atoms with E-state index in [1.165, 1.54) is 24.3 Å². The summed E-state index contributed by atoms with van der Waals surface area (Å²) in [6.45, 7) is 2.17. The maximum atomic E-state index is 13.4. The summed E-state index contributed by atoms with van der Waals surface area (Å²) < 4.78 is 55.9. The number of rotatable bonds is 8. The van der Waals surface area contributed by atoms with Gasteiger partial charge in [-0.2, -0.15) is 0 Å². The van der Waals surface area contributed by atoms with Crippen LogP contribution in [-0.2, 0) is 16.6 Å². The van der Waals surface area contributed by atoms with Crippen molar-refractivity contribution in [1.29, 1.82) is 0 Å². The van der Waals surface area contributed by atoms with Crippen LogP contribution in [0.1, 0.15) is 22.8 Å². The Balaban J connectivity index is 1.63. The number of amides is 1. The summed E-state index contributed by atoms with van der Waals surface area (Å²) in [4.78, 5) is 12.9. The lowest BCUT2D eigenvalue weighted by Gasteiger charge is -2.24. The second-order valence-electron chi connectivity index (χ2n) is 7.52. The molecule has 0 aromatic heterocycles. The predicted octanol–water partition coefficient (Wildman–Crippen LogP) is 4.17. The van der Waals surface area contributed by atoms with Crippen LogP contribution in [0, 0.1) is 5.82 Å². The number of sulfonamides is 1. The lowest BCUT2D eigenvalue weighted by Crippen LogP contribution is -2.29. The lowest BCUT2D eigenvalue weighted by molar-refractivity contribution is 0.102. The smallest absolute Gasteiger partial charge is 0.255 e. The van der Waals surface area contributed by atoms with Gasteiger partial charge in [0.05, 0.1) is 25.1 Å². The maximum Gasteiger partial charge on any atom is 0.255 e. The molecule has 34 heavy (non-hydrogen) atoms. The highest BCUT2D eigenvalue weighted by molar-refractivity contribution is 7.92. The van der Waals surface area contributed by atoms with Gasteiger partial charge in [-0.25, -0.2) is 12.8 Å². The first-order chi connectivity index (χ1) is 16.2. The molecule has 0 fully saturated rings. The molecule has 0 saturated heterocycles. The predicted molar refractivity (Wildman–Crippen MR) is 126 cm³/mol. The summed E-state index contributed by atoms with van der Waals surface area (Å²) in [6, 6.07) is 15.0. The first-order valence-corrected chi connectivity index (χ1v) is 12.3. The number of hydrogen-bond acceptors (Lipinski definition) is 6. The van der Waals surface area contributed by atoms with Gasteiger partial charge in [0.25, 0.3) is 5.91 Å². The zero-order valence-electron chi connectivity index (χ0n) is 18.6. The van der Waals surface area contributed by atoms with Gasteiger partial charge in [-0.05, 0) is 61.5 Å². The average molecular weight is 487 g/mol. The van der Waals surface area contributed by atoms with Crippen LogP contribution in [0.15, 0.2) is 60.7 Å². The molecule has 0 bridgehead atoms. The van der Waals surface area contributed by atoms with Gasteiger partial charge in [0, 0.05) is 22.9 Å². The van der Waals surface area contributed by atoms with Crippen LogP contribution >= 0.6 is 0 Å². The Kier molecular flexibility index (Phi) is 6.60. The number of carbonyl (C=O) groups is 1. The Bertz CT molecular complexity index is 1310. The number of benzene rings is 3. The number of hydrogen-bond donors (Lipinski definition) is 1. The second-order valence-corrected chi connectivity index (χ2v) is 9.43. The molecule has 1 heterocycles. The third-order valence-corrected chi connectivity index (χ3v) is 6.22. The molecule has 0 aliphatic carbocycles. The van der Waals surface area contributed by atoms with Gasteiger partial charge in [0.15, 0.2) is 11.5 Å². The Morgan fingerprint density at radius 2 is 1.79 bits per heavy atom. The topological polar surface area (TPSA) is 94.2 Å². The molecule has 178 valence electrons. The van der Waals surface area contributed by atoms with Crippen molar-refractivity contribution < 1.29 is 31.8 Å². The summed E-state index contributed by atoms with van der Waals surface area (Å²) >= 11 is 0. The molecule has 0 spiro atoms. The summed E-state index contributed by atoms with van der Waals surface area (Å²) in [7, 11) is -3.72. The lowest BCUT2D eigenvalue weighted by atomic mass is 10.1. The van der Waals surface area contributed by atoms with E-state index >= 15 is 0 Å². The molecular formula is C24H23FN2O6S. The van der Waals surface area contributed by atoms with Crippen LogP contribution < -0.4 is 23.8 Å². The number of fused-ring (bicyclic) bond motifs is 1. The number of carbonyl (C=O) groups excluding carboxylic acids is 1. The molecule has 3 aromatic rings. The standard InChI is InChI=1S/C24H23FN2O6S/c1-3-31-21-10-4-16(24(28)26-19-7-11-22-23(13-19)33-15-32-22)12-17(21)14-27(34(2,29)30)20-8-5-18(25)6-9-20/h4-13H,3,14-15H2,1-2H3,(H,26,28). The summed E-state index contributed by atoms with van der Waals surface area (Å²) in [6.07, 6.45) is 1.06. The van der Waals surface area contributed by atoms with Crippen LogP contribution in [0.25, 0.3) is 0 Å². The second kappa shape index (κ2) is 9.60. The van der Waals surface area contributed by atoms with Crippen molar-refractivity contribution in [3.05, 3.63) is 77.6 Å². The molecule has 1 aliphatic rings. The summed E-state index contributed by atoms with van der Waals surface area (Å²) in [5, 5.41) is 2.80. The van der Waals surface area contributed by atoms with Crippen molar-refractivity contribution in [3.63, 3.8) is 0 Å². The van der Waals surface area contributed by atoms with Gasteiger partial charge in [-0.15, -0.1) is 0 Å². The Labute approximate surface area is 196 Å². The zero-order valence-corrected chi connectivity index (χ0v) is 19.4. The maximum absolute atomic E-state index is 13.4. The number of halogens is 1. The fourth-order valence-corrected chi connectivity index (χ4v) is 4.36. The molecule has 0 atom stereocenters. The van der Waals surface area contributed by atoms with Gasteiger partial charge in [-0.3, -0.25) is 9.10 Å². The van der Waals surface area contributed by atoms with Crippen molar-refractivity contribution in [2.45, 2.75) is 13.5 Å². The number of nitrogens with one attached hydrogen (secondary N) is 1. The molecule has 1 amide bonds. The Morgan fingerprint density at radius 3 is 2.50 bits per heavy atom. The van der Waals surface area contributed by atoms with Gasteiger partial charge < -0.3 is 19.5 Å². The van der Waals surface area contributed by atoms with Gasteiger partial charge >= 0.3 is 0 Å². The Morgan fingerprint density at radius 1 is 1.06 bits per heavy atom. The van der Waals surface area contributed by atoms with E-state index < -0.39 is 21.7 Å². The molecule has 0 unspecified atom stereocenters. The highest BCUT2D eigenvalue weighted by Crippen LogP contribution is 2.34. The highest BCUT2D eigenvalue weighted by atomic mass is 32.2. The van der Waals surface area contributed by atoms with Gasteiger partial charge in [0.2, 0.25) is 16.8 Å². The van der Waals surface area contributed by atoms with Crippen molar-refractivity contribution in [2.75, 3.05) is 29.3 Å². The van der Waals surface area contributed by atoms with E-state index in [1.54, 1.807) is 43.3 Å². The Hall–Kier alpha value is -3.79. The number of anilines is 2. The third kappa shape index (κ3) is 5.23. The number of ether oxygens (including phenoxy) is 3. The van der Waals surface area contributed by atoms with E-state index in [4.69, 9.17) is 14.2 Å². The van der Waals surface area contributed by atoms with Crippen LogP contribution in [0.5, 0.6) is 17.2 Å². The zero-order chi connectivity index (χ0) is 24.3. The molecule has 0 radical (unpaired) electrons. The molecule has 1 aliphatic heterocycles. The quantitative estimate of drug-likeness (QED) is 0.514. The minimum absolute atomic E-state index is 0.106. The van der Waals surface area contributed by atoms with Crippen LogP contribution in [0.3, 0.4) is 0 Å². The van der Waals surface area contributed by atoms with E-state index in [0.29, 0.717) is 46.4 Å². The van der Waals surface area contributed by atoms with E-state index in [0.717, 1.165) is 10.6 Å². The van der Waals surface area contributed by atoms with Crippen molar-refractivity contribution in [1.82, 2.24) is 0 Å². The molecule has 8 nitrogen and oxygen atoms in total. The molecular weight excluding hydrogens is 463 g/mol. The fourth-order valence-electron chi connectivity index (χ4n) is 3.48. The molecule has 10 heteroatoms. The van der Waals surface area contributed by atoms with Crippen molar-refractivity contribution >= 4 is 27.3 Å². The minimum atomic E-state index is -3.72. The van der Waals surface area contributed by atoms with Gasteiger partial charge in [0.1, 0.15) is 11.6 Å². The van der Waals surface area contributed by atoms with E-state index in [2.05, 4.69) is 5.32 Å². The average Bonchev–Trinajstić information content (AvgIpc) is 3.26. The monoisotopic (exact) mass is 486 g/mol. The van der Waals surface area contributed by atoms with E-state index in [9.17, 15) is 17.6 Å². The molecule has 4 rings (SSSR count). The van der Waals surface area contributed by atoms with Crippen LogP contribution in [0.4, 0.5) is 15.8 Å². The molecule has 1 N–H and O–H groups in total.